The van der Waals surface area contributed by atoms with Gasteiger partial charge >= 0.3 is 5.97 Å². The Morgan fingerprint density at radius 3 is 2.47 bits per heavy atom. The zero-order valence-electron chi connectivity index (χ0n) is 12.1. The summed E-state index contributed by atoms with van der Waals surface area (Å²) in [6.45, 7) is 5.05. The van der Waals surface area contributed by atoms with Gasteiger partial charge in [0.1, 0.15) is 5.54 Å². The molecule has 0 saturated carbocycles. The van der Waals surface area contributed by atoms with Crippen molar-refractivity contribution in [1.29, 1.82) is 0 Å². The largest absolute Gasteiger partial charge is 0.480 e. The first-order chi connectivity index (χ1) is 8.92. The lowest BCUT2D eigenvalue weighted by Crippen LogP contribution is -2.50. The highest BCUT2D eigenvalue weighted by atomic mass is 16.4. The summed E-state index contributed by atoms with van der Waals surface area (Å²) < 4.78 is 0. The van der Waals surface area contributed by atoms with E-state index in [-0.39, 0.29) is 5.96 Å². The zero-order chi connectivity index (χ0) is 14.7. The van der Waals surface area contributed by atoms with Gasteiger partial charge < -0.3 is 21.9 Å². The zero-order valence-corrected chi connectivity index (χ0v) is 12.1. The Hall–Kier alpha value is -1.30. The van der Waals surface area contributed by atoms with Crippen LogP contribution in [0.25, 0.3) is 0 Å². The van der Waals surface area contributed by atoms with E-state index in [1.165, 1.54) is 12.8 Å². The van der Waals surface area contributed by atoms with Gasteiger partial charge in [0.25, 0.3) is 0 Å². The summed E-state index contributed by atoms with van der Waals surface area (Å²) in [7, 11) is 0. The molecule has 6 N–H and O–H groups in total. The van der Waals surface area contributed by atoms with E-state index < -0.39 is 11.5 Å². The van der Waals surface area contributed by atoms with Gasteiger partial charge in [-0.2, -0.15) is 0 Å². The number of aliphatic carboxylic acids is 1. The second-order valence-corrected chi connectivity index (χ2v) is 5.03. The van der Waals surface area contributed by atoms with E-state index in [1.807, 2.05) is 0 Å². The molecule has 0 heterocycles. The van der Waals surface area contributed by atoms with Crippen LogP contribution in [0.2, 0.25) is 0 Å². The van der Waals surface area contributed by atoms with Crippen molar-refractivity contribution >= 4 is 11.9 Å². The molecule has 0 aliphatic heterocycles. The summed E-state index contributed by atoms with van der Waals surface area (Å²) in [5, 5.41) is 12.4. The molecule has 0 spiro atoms. The second-order valence-electron chi connectivity index (χ2n) is 5.03. The summed E-state index contributed by atoms with van der Waals surface area (Å²) in [6.07, 6.45) is 5.65. The third kappa shape index (κ3) is 8.42. The van der Waals surface area contributed by atoms with Gasteiger partial charge in [0.2, 0.25) is 0 Å². The number of aliphatic imine (C=N–C) groups is 1. The van der Waals surface area contributed by atoms with Crippen LogP contribution in [0.5, 0.6) is 0 Å². The standard InChI is InChI=1S/C13H28N4O2/c1-3-4-5-6-10-17-13(2,11(18)19)8-7-9-16-12(14)15/h17H,3-10H2,1-2H3,(H,18,19)(H4,14,15,16)/t13-/m0/s1. The molecule has 0 fully saturated rings. The molecule has 0 rings (SSSR count). The summed E-state index contributed by atoms with van der Waals surface area (Å²) in [5.41, 5.74) is 9.55. The van der Waals surface area contributed by atoms with Crippen LogP contribution >= 0.6 is 0 Å². The molecule has 0 aromatic carbocycles. The van der Waals surface area contributed by atoms with Crippen LogP contribution in [0, 0.1) is 0 Å². The fraction of sp³-hybridized carbons (Fsp3) is 0.846. The van der Waals surface area contributed by atoms with Crippen molar-refractivity contribution in [3.05, 3.63) is 0 Å². The average molecular weight is 272 g/mol. The lowest BCUT2D eigenvalue weighted by Gasteiger charge is -2.26. The quantitative estimate of drug-likeness (QED) is 0.255. The van der Waals surface area contributed by atoms with E-state index in [4.69, 9.17) is 11.5 Å². The van der Waals surface area contributed by atoms with Gasteiger partial charge in [0.05, 0.1) is 0 Å². The molecule has 0 aliphatic carbocycles. The Morgan fingerprint density at radius 2 is 1.95 bits per heavy atom. The third-order valence-corrected chi connectivity index (χ3v) is 3.15. The van der Waals surface area contributed by atoms with Gasteiger partial charge in [-0.05, 0) is 32.7 Å². The number of unbranched alkanes of at least 4 members (excludes halogenated alkanes) is 3. The molecule has 1 atom stereocenters. The normalized spacial score (nSPS) is 13.8. The van der Waals surface area contributed by atoms with E-state index in [2.05, 4.69) is 17.2 Å². The number of nitrogens with one attached hydrogen (secondary N) is 1. The van der Waals surface area contributed by atoms with E-state index in [9.17, 15) is 9.90 Å². The lowest BCUT2D eigenvalue weighted by atomic mass is 9.95. The van der Waals surface area contributed by atoms with E-state index >= 15 is 0 Å². The van der Waals surface area contributed by atoms with Gasteiger partial charge in [-0.25, -0.2) is 0 Å². The predicted molar refractivity (Wildman–Crippen MR) is 78.1 cm³/mol. The minimum absolute atomic E-state index is 0.0459. The summed E-state index contributed by atoms with van der Waals surface area (Å²) in [5.74, 6) is -0.780. The average Bonchev–Trinajstić information content (AvgIpc) is 2.34. The highest BCUT2D eigenvalue weighted by Crippen LogP contribution is 2.13. The molecule has 0 aromatic heterocycles. The Balaban J connectivity index is 4.05. The van der Waals surface area contributed by atoms with Crippen LogP contribution in [0.4, 0.5) is 0 Å². The van der Waals surface area contributed by atoms with Crippen molar-refractivity contribution in [3.8, 4) is 0 Å². The van der Waals surface area contributed by atoms with Crippen LogP contribution < -0.4 is 16.8 Å². The summed E-state index contributed by atoms with van der Waals surface area (Å²) in [6, 6.07) is 0. The third-order valence-electron chi connectivity index (χ3n) is 3.15. The Morgan fingerprint density at radius 1 is 1.26 bits per heavy atom. The lowest BCUT2D eigenvalue weighted by molar-refractivity contribution is -0.144. The minimum Gasteiger partial charge on any atom is -0.480 e. The first-order valence-electron chi connectivity index (χ1n) is 6.96. The Bertz CT molecular complexity index is 290. The first-order valence-corrected chi connectivity index (χ1v) is 6.96. The van der Waals surface area contributed by atoms with E-state index in [1.54, 1.807) is 6.92 Å². The molecule has 0 unspecified atom stereocenters. The molecule has 0 aromatic rings. The number of carboxylic acids is 1. The monoisotopic (exact) mass is 272 g/mol. The number of hydrogen-bond acceptors (Lipinski definition) is 3. The summed E-state index contributed by atoms with van der Waals surface area (Å²) >= 11 is 0. The molecule has 6 nitrogen and oxygen atoms in total. The topological polar surface area (TPSA) is 114 Å². The Kier molecular flexibility index (Phi) is 8.95. The molecule has 0 radical (unpaired) electrons. The summed E-state index contributed by atoms with van der Waals surface area (Å²) in [4.78, 5) is 15.2. The highest BCUT2D eigenvalue weighted by Gasteiger charge is 2.31. The van der Waals surface area contributed by atoms with E-state index in [0.29, 0.717) is 19.4 Å². The van der Waals surface area contributed by atoms with Crippen molar-refractivity contribution in [2.75, 3.05) is 13.1 Å². The van der Waals surface area contributed by atoms with Crippen molar-refractivity contribution in [1.82, 2.24) is 5.32 Å². The first kappa shape index (κ1) is 17.7. The van der Waals surface area contributed by atoms with Gasteiger partial charge in [0, 0.05) is 6.54 Å². The van der Waals surface area contributed by atoms with Gasteiger partial charge in [-0.3, -0.25) is 9.79 Å². The van der Waals surface area contributed by atoms with Crippen LogP contribution in [0.3, 0.4) is 0 Å². The van der Waals surface area contributed by atoms with Crippen LogP contribution in [-0.2, 0) is 4.79 Å². The second kappa shape index (κ2) is 9.61. The highest BCUT2D eigenvalue weighted by molar-refractivity contribution is 5.78. The number of guanidine groups is 1. The number of rotatable bonds is 11. The number of hydrogen-bond donors (Lipinski definition) is 4. The van der Waals surface area contributed by atoms with E-state index in [0.717, 1.165) is 19.4 Å². The fourth-order valence-corrected chi connectivity index (χ4v) is 1.83. The molecule has 19 heavy (non-hydrogen) atoms. The maximum Gasteiger partial charge on any atom is 0.323 e. The molecule has 0 amide bonds. The molecule has 0 saturated heterocycles. The fourth-order valence-electron chi connectivity index (χ4n) is 1.83. The SMILES string of the molecule is CCCCCCN[C@@](C)(CCCN=C(N)N)C(=O)O. The maximum atomic E-state index is 11.3. The number of nitrogens with two attached hydrogens (primary N) is 2. The van der Waals surface area contributed by atoms with Crippen LogP contribution in [0.1, 0.15) is 52.4 Å². The molecule has 0 bridgehead atoms. The predicted octanol–water partition coefficient (Wildman–Crippen LogP) is 1.05. The molecular formula is C13H28N4O2. The number of carbonyl (C=O) groups is 1. The smallest absolute Gasteiger partial charge is 0.323 e. The Labute approximate surface area is 115 Å². The van der Waals surface area contributed by atoms with Crippen LogP contribution in [0.15, 0.2) is 4.99 Å². The van der Waals surface area contributed by atoms with Crippen LogP contribution in [-0.4, -0.2) is 35.7 Å². The van der Waals surface area contributed by atoms with Crippen molar-refractivity contribution in [2.45, 2.75) is 57.9 Å². The van der Waals surface area contributed by atoms with Gasteiger partial charge in [-0.15, -0.1) is 0 Å². The van der Waals surface area contributed by atoms with Crippen molar-refractivity contribution in [2.24, 2.45) is 16.5 Å². The molecular weight excluding hydrogens is 244 g/mol. The molecule has 0 aliphatic rings. The minimum atomic E-state index is -0.898. The van der Waals surface area contributed by atoms with Gasteiger partial charge in [0.15, 0.2) is 5.96 Å². The van der Waals surface area contributed by atoms with Gasteiger partial charge in [-0.1, -0.05) is 26.2 Å². The maximum absolute atomic E-state index is 11.3. The van der Waals surface area contributed by atoms with Crippen molar-refractivity contribution < 1.29 is 9.90 Å². The molecule has 6 heteroatoms. The number of nitrogens with zero attached hydrogens (tertiary/aromatic N) is 1. The number of carboxylic acid groups (broad SMARTS) is 1. The molecule has 112 valence electrons. The van der Waals surface area contributed by atoms with Crippen molar-refractivity contribution in [3.63, 3.8) is 0 Å².